The van der Waals surface area contributed by atoms with Crippen LogP contribution in [0.15, 0.2) is 23.8 Å². The number of carbonyl (C=O) groups is 1. The summed E-state index contributed by atoms with van der Waals surface area (Å²) in [6.45, 7) is 2.44. The molecular formula is C19H19BFN5O4. The van der Waals surface area contributed by atoms with Gasteiger partial charge in [-0.2, -0.15) is 10.4 Å². The number of halogens is 1. The third kappa shape index (κ3) is 3.63. The van der Waals surface area contributed by atoms with Crippen molar-refractivity contribution in [3.8, 4) is 11.8 Å². The molecule has 2 aromatic rings. The van der Waals surface area contributed by atoms with Crippen molar-refractivity contribution in [1.82, 2.24) is 9.78 Å². The highest BCUT2D eigenvalue weighted by atomic mass is 19.1. The van der Waals surface area contributed by atoms with Gasteiger partial charge >= 0.3 is 7.12 Å². The number of ether oxygens (including phenoxy) is 1. The van der Waals surface area contributed by atoms with Crippen LogP contribution in [0.25, 0.3) is 6.08 Å². The van der Waals surface area contributed by atoms with E-state index in [4.69, 9.17) is 15.1 Å². The summed E-state index contributed by atoms with van der Waals surface area (Å²) in [6, 6.07) is 4.66. The average Bonchev–Trinajstić information content (AvgIpc) is 3.13. The van der Waals surface area contributed by atoms with Crippen molar-refractivity contribution in [3.63, 3.8) is 0 Å². The van der Waals surface area contributed by atoms with Gasteiger partial charge in [0.05, 0.1) is 24.6 Å². The summed E-state index contributed by atoms with van der Waals surface area (Å²) in [7, 11) is -1.20. The first-order chi connectivity index (χ1) is 14.4. The standard InChI is InChI=1S/C19H19BFN5O4/c1-10-4-12-5-13(6-15(21)17(12)30-20(10)28)24-19-14(18(23)27)8-26(25-19)16-9-29-3-2-11(16)7-22/h4-6,8,11,16,28H,2-3,9H2,1H3,(H2,23,27)(H,24,25). The number of fused-ring (bicyclic) bond motifs is 1. The Kier molecular flexibility index (Phi) is 5.19. The molecule has 1 fully saturated rings. The fourth-order valence-corrected chi connectivity index (χ4v) is 3.54. The normalized spacial score (nSPS) is 20.6. The molecule has 1 saturated heterocycles. The third-order valence-electron chi connectivity index (χ3n) is 5.17. The second-order valence-corrected chi connectivity index (χ2v) is 7.26. The van der Waals surface area contributed by atoms with Gasteiger partial charge in [0.1, 0.15) is 11.3 Å². The highest BCUT2D eigenvalue weighted by Crippen LogP contribution is 2.35. The van der Waals surface area contributed by atoms with E-state index in [1.165, 1.54) is 16.9 Å². The molecule has 2 aliphatic heterocycles. The van der Waals surface area contributed by atoms with Crippen molar-refractivity contribution in [2.24, 2.45) is 11.7 Å². The molecule has 1 amide bonds. The summed E-state index contributed by atoms with van der Waals surface area (Å²) < 4.78 is 26.7. The minimum absolute atomic E-state index is 0.0597. The van der Waals surface area contributed by atoms with Crippen LogP contribution in [0.2, 0.25) is 0 Å². The Bertz CT molecular complexity index is 1080. The van der Waals surface area contributed by atoms with Crippen LogP contribution in [0.5, 0.6) is 5.75 Å². The summed E-state index contributed by atoms with van der Waals surface area (Å²) >= 11 is 0. The second-order valence-electron chi connectivity index (χ2n) is 7.26. The number of allylic oxidation sites excluding steroid dienone is 1. The smallest absolute Gasteiger partial charge is 0.530 e. The lowest BCUT2D eigenvalue weighted by atomic mass is 9.76. The quantitative estimate of drug-likeness (QED) is 0.653. The van der Waals surface area contributed by atoms with Crippen LogP contribution in [0.1, 0.15) is 35.3 Å². The number of hydrogen-bond donors (Lipinski definition) is 3. The van der Waals surface area contributed by atoms with E-state index < -0.39 is 18.8 Å². The van der Waals surface area contributed by atoms with E-state index in [-0.39, 0.29) is 35.7 Å². The minimum Gasteiger partial charge on any atom is -0.530 e. The molecule has 2 aliphatic rings. The molecule has 11 heteroatoms. The number of carbonyl (C=O) groups excluding carboxylic acids is 1. The molecule has 0 spiro atoms. The van der Waals surface area contributed by atoms with Crippen LogP contribution < -0.4 is 15.7 Å². The van der Waals surface area contributed by atoms with Crippen LogP contribution in [-0.2, 0) is 4.74 Å². The van der Waals surface area contributed by atoms with E-state index in [1.54, 1.807) is 19.1 Å². The zero-order valence-electron chi connectivity index (χ0n) is 16.1. The van der Waals surface area contributed by atoms with E-state index in [2.05, 4.69) is 16.5 Å². The second kappa shape index (κ2) is 7.81. The van der Waals surface area contributed by atoms with Crippen molar-refractivity contribution in [3.05, 3.63) is 40.7 Å². The van der Waals surface area contributed by atoms with Gasteiger partial charge < -0.3 is 25.5 Å². The number of rotatable bonds is 4. The Morgan fingerprint density at radius 1 is 1.53 bits per heavy atom. The fourth-order valence-electron chi connectivity index (χ4n) is 3.54. The molecule has 1 aromatic heterocycles. The van der Waals surface area contributed by atoms with Gasteiger partial charge in [0, 0.05) is 30.1 Å². The topological polar surface area (TPSA) is 135 Å². The maximum atomic E-state index is 14.5. The van der Waals surface area contributed by atoms with Crippen molar-refractivity contribution >= 4 is 30.6 Å². The van der Waals surface area contributed by atoms with E-state index in [9.17, 15) is 19.5 Å². The van der Waals surface area contributed by atoms with Crippen LogP contribution in [-0.4, -0.2) is 41.0 Å². The van der Waals surface area contributed by atoms with E-state index in [1.807, 2.05) is 0 Å². The SMILES string of the molecule is CC1=Cc2cc(Nc3nn(C4COCCC4C#N)cc3C(N)=O)cc(F)c2OB1O. The first-order valence-corrected chi connectivity index (χ1v) is 9.37. The van der Waals surface area contributed by atoms with Crippen LogP contribution in [0.3, 0.4) is 0 Å². The monoisotopic (exact) mass is 411 g/mol. The van der Waals surface area contributed by atoms with Gasteiger partial charge in [0.2, 0.25) is 0 Å². The predicted molar refractivity (Wildman–Crippen MR) is 106 cm³/mol. The number of hydrogen-bond acceptors (Lipinski definition) is 7. The van der Waals surface area contributed by atoms with Gasteiger partial charge in [-0.05, 0) is 24.9 Å². The van der Waals surface area contributed by atoms with Crippen LogP contribution in [0, 0.1) is 23.1 Å². The molecule has 9 nitrogen and oxygen atoms in total. The molecule has 3 heterocycles. The zero-order chi connectivity index (χ0) is 21.4. The number of aromatic nitrogens is 2. The summed E-state index contributed by atoms with van der Waals surface area (Å²) in [5, 5.41) is 26.4. The lowest BCUT2D eigenvalue weighted by molar-refractivity contribution is 0.0342. The molecule has 0 bridgehead atoms. The van der Waals surface area contributed by atoms with Gasteiger partial charge in [0.15, 0.2) is 11.6 Å². The summed E-state index contributed by atoms with van der Waals surface area (Å²) in [5.74, 6) is -1.63. The molecular weight excluding hydrogens is 392 g/mol. The molecule has 2 atom stereocenters. The Balaban J connectivity index is 1.68. The predicted octanol–water partition coefficient (Wildman–Crippen LogP) is 1.78. The largest absolute Gasteiger partial charge is 0.555 e. The number of nitrogens with zero attached hydrogens (tertiary/aromatic N) is 3. The molecule has 4 N–H and O–H groups in total. The van der Waals surface area contributed by atoms with Gasteiger partial charge in [-0.3, -0.25) is 9.48 Å². The van der Waals surface area contributed by atoms with Crippen molar-refractivity contribution < 1.29 is 23.6 Å². The Morgan fingerprint density at radius 2 is 2.33 bits per heavy atom. The van der Waals surface area contributed by atoms with Gasteiger partial charge in [-0.25, -0.2) is 4.39 Å². The molecule has 2 unspecified atom stereocenters. The Labute approximate surface area is 172 Å². The summed E-state index contributed by atoms with van der Waals surface area (Å²) in [4.78, 5) is 11.9. The maximum Gasteiger partial charge on any atom is 0.555 e. The number of nitrogens with two attached hydrogens (primary N) is 1. The molecule has 30 heavy (non-hydrogen) atoms. The Hall–Kier alpha value is -3.36. The van der Waals surface area contributed by atoms with Crippen molar-refractivity contribution in [1.29, 1.82) is 5.26 Å². The van der Waals surface area contributed by atoms with Crippen molar-refractivity contribution in [2.45, 2.75) is 19.4 Å². The molecule has 0 aliphatic carbocycles. The molecule has 0 saturated carbocycles. The number of primary amides is 1. The number of anilines is 2. The van der Waals surface area contributed by atoms with E-state index in [0.29, 0.717) is 29.8 Å². The molecule has 154 valence electrons. The van der Waals surface area contributed by atoms with Gasteiger partial charge in [-0.1, -0.05) is 6.08 Å². The minimum atomic E-state index is -1.20. The van der Waals surface area contributed by atoms with Gasteiger partial charge in [0.25, 0.3) is 5.91 Å². The Morgan fingerprint density at radius 3 is 3.07 bits per heavy atom. The zero-order valence-corrected chi connectivity index (χ0v) is 16.1. The highest BCUT2D eigenvalue weighted by molar-refractivity contribution is 6.54. The number of amides is 1. The van der Waals surface area contributed by atoms with E-state index >= 15 is 0 Å². The summed E-state index contributed by atoms with van der Waals surface area (Å²) in [6.07, 6.45) is 3.64. The lowest BCUT2D eigenvalue weighted by Gasteiger charge is -2.26. The number of nitriles is 1. The average molecular weight is 411 g/mol. The van der Waals surface area contributed by atoms with Crippen LogP contribution in [0.4, 0.5) is 15.9 Å². The highest BCUT2D eigenvalue weighted by Gasteiger charge is 2.30. The first kappa shape index (κ1) is 19.9. The van der Waals surface area contributed by atoms with E-state index in [0.717, 1.165) is 0 Å². The van der Waals surface area contributed by atoms with Gasteiger partial charge in [-0.15, -0.1) is 0 Å². The molecule has 1 aromatic carbocycles. The van der Waals surface area contributed by atoms with Crippen LogP contribution >= 0.6 is 0 Å². The number of benzene rings is 1. The summed E-state index contributed by atoms with van der Waals surface area (Å²) in [5.41, 5.74) is 6.88. The lowest BCUT2D eigenvalue weighted by Crippen LogP contribution is -2.29. The first-order valence-electron chi connectivity index (χ1n) is 9.37. The molecule has 4 rings (SSSR count). The van der Waals surface area contributed by atoms with Crippen molar-refractivity contribution in [2.75, 3.05) is 18.5 Å². The number of nitrogens with one attached hydrogen (secondary N) is 1. The third-order valence-corrected chi connectivity index (χ3v) is 5.17. The molecule has 0 radical (unpaired) electrons. The maximum absolute atomic E-state index is 14.5. The fraction of sp³-hybridized carbons (Fsp3) is 0.316.